The van der Waals surface area contributed by atoms with E-state index in [1.165, 1.54) is 12.1 Å². The van der Waals surface area contributed by atoms with Gasteiger partial charge in [-0.2, -0.15) is 0 Å². The number of ether oxygens (including phenoxy) is 1. The molecule has 0 spiro atoms. The number of benzene rings is 2. The van der Waals surface area contributed by atoms with Crippen molar-refractivity contribution in [2.45, 2.75) is 25.9 Å². The van der Waals surface area contributed by atoms with E-state index in [0.717, 1.165) is 5.56 Å². The van der Waals surface area contributed by atoms with Gasteiger partial charge < -0.3 is 14.5 Å². The molecule has 0 atom stereocenters. The summed E-state index contributed by atoms with van der Waals surface area (Å²) in [6.45, 7) is 5.41. The van der Waals surface area contributed by atoms with Gasteiger partial charge in [-0.25, -0.2) is 4.39 Å². The van der Waals surface area contributed by atoms with Crippen LogP contribution in [0.4, 0.5) is 4.39 Å². The molecule has 3 rings (SSSR count). The summed E-state index contributed by atoms with van der Waals surface area (Å²) in [7, 11) is 0. The second kappa shape index (κ2) is 8.42. The van der Waals surface area contributed by atoms with Gasteiger partial charge in [0.2, 0.25) is 5.91 Å². The summed E-state index contributed by atoms with van der Waals surface area (Å²) >= 11 is 0. The first-order valence-electron chi connectivity index (χ1n) is 9.41. The molecular weight excluding hydrogens is 359 g/mol. The van der Waals surface area contributed by atoms with E-state index in [9.17, 15) is 14.0 Å². The Balaban J connectivity index is 1.53. The lowest BCUT2D eigenvalue weighted by Crippen LogP contribution is -2.56. The third-order valence-electron chi connectivity index (χ3n) is 4.82. The van der Waals surface area contributed by atoms with Gasteiger partial charge >= 0.3 is 0 Å². The van der Waals surface area contributed by atoms with Gasteiger partial charge in [-0.05, 0) is 43.7 Å². The molecule has 1 aliphatic rings. The molecule has 0 aromatic heterocycles. The van der Waals surface area contributed by atoms with Crippen LogP contribution >= 0.6 is 0 Å². The molecule has 148 valence electrons. The van der Waals surface area contributed by atoms with E-state index in [-0.39, 0.29) is 24.1 Å². The zero-order valence-electron chi connectivity index (χ0n) is 16.2. The fourth-order valence-corrected chi connectivity index (χ4v) is 3.26. The van der Waals surface area contributed by atoms with Crippen molar-refractivity contribution in [1.82, 2.24) is 9.80 Å². The molecule has 6 heteroatoms. The number of rotatable bonds is 5. The SMILES string of the molecule is CC(C)(Oc1ccccc1)C(=O)N1CCN(C(=O)Cc2ccc(F)cc2)CC1. The lowest BCUT2D eigenvalue weighted by molar-refractivity contribution is -0.149. The fourth-order valence-electron chi connectivity index (χ4n) is 3.26. The molecule has 0 aliphatic carbocycles. The quantitative estimate of drug-likeness (QED) is 0.797. The predicted octanol–water partition coefficient (Wildman–Crippen LogP) is 2.90. The largest absolute Gasteiger partial charge is 0.478 e. The van der Waals surface area contributed by atoms with Crippen LogP contribution < -0.4 is 4.74 Å². The van der Waals surface area contributed by atoms with E-state index < -0.39 is 5.60 Å². The van der Waals surface area contributed by atoms with Crippen molar-refractivity contribution >= 4 is 11.8 Å². The Labute approximate surface area is 164 Å². The number of hydrogen-bond acceptors (Lipinski definition) is 3. The second-order valence-electron chi connectivity index (χ2n) is 7.40. The standard InChI is InChI=1S/C22H25FN2O3/c1-22(2,28-19-6-4-3-5-7-19)21(27)25-14-12-24(13-15-25)20(26)16-17-8-10-18(23)11-9-17/h3-11H,12-16H2,1-2H3. The van der Waals surface area contributed by atoms with Crippen LogP contribution in [0.2, 0.25) is 0 Å². The first kappa shape index (κ1) is 19.9. The molecule has 0 bridgehead atoms. The topological polar surface area (TPSA) is 49.9 Å². The molecule has 0 saturated carbocycles. The summed E-state index contributed by atoms with van der Waals surface area (Å²) in [5, 5.41) is 0. The van der Waals surface area contributed by atoms with E-state index in [0.29, 0.717) is 31.9 Å². The maximum Gasteiger partial charge on any atom is 0.266 e. The van der Waals surface area contributed by atoms with Crippen molar-refractivity contribution in [2.75, 3.05) is 26.2 Å². The Morgan fingerprint density at radius 2 is 1.50 bits per heavy atom. The zero-order valence-corrected chi connectivity index (χ0v) is 16.2. The van der Waals surface area contributed by atoms with Crippen molar-refractivity contribution < 1.29 is 18.7 Å². The molecule has 0 unspecified atom stereocenters. The minimum atomic E-state index is -0.984. The van der Waals surface area contributed by atoms with E-state index in [1.807, 2.05) is 30.3 Å². The molecule has 1 aliphatic heterocycles. The van der Waals surface area contributed by atoms with E-state index in [2.05, 4.69) is 0 Å². The molecule has 2 aromatic rings. The number of hydrogen-bond donors (Lipinski definition) is 0. The van der Waals surface area contributed by atoms with Crippen LogP contribution in [0.25, 0.3) is 0 Å². The van der Waals surface area contributed by atoms with Crippen LogP contribution in [0.15, 0.2) is 54.6 Å². The maximum absolute atomic E-state index is 13.0. The summed E-state index contributed by atoms with van der Waals surface area (Å²) in [5.74, 6) is 0.220. The minimum Gasteiger partial charge on any atom is -0.478 e. The number of nitrogens with zero attached hydrogens (tertiary/aromatic N) is 2. The van der Waals surface area contributed by atoms with E-state index >= 15 is 0 Å². The van der Waals surface area contributed by atoms with Crippen molar-refractivity contribution in [1.29, 1.82) is 0 Å². The van der Waals surface area contributed by atoms with E-state index in [1.54, 1.807) is 35.8 Å². The average molecular weight is 384 g/mol. The van der Waals surface area contributed by atoms with Crippen LogP contribution in [0, 0.1) is 5.82 Å². The van der Waals surface area contributed by atoms with Gasteiger partial charge in [0.15, 0.2) is 5.60 Å². The lowest BCUT2D eigenvalue weighted by Gasteiger charge is -2.38. The summed E-state index contributed by atoms with van der Waals surface area (Å²) in [6.07, 6.45) is 0.233. The third kappa shape index (κ3) is 4.88. The number of carbonyl (C=O) groups is 2. The molecule has 0 N–H and O–H groups in total. The summed E-state index contributed by atoms with van der Waals surface area (Å²) in [6, 6.07) is 15.2. The molecule has 2 amide bonds. The Hall–Kier alpha value is -2.89. The second-order valence-corrected chi connectivity index (χ2v) is 7.40. The van der Waals surface area contributed by atoms with Gasteiger partial charge in [-0.15, -0.1) is 0 Å². The van der Waals surface area contributed by atoms with Crippen LogP contribution in [-0.2, 0) is 16.0 Å². The Bertz CT molecular complexity index is 813. The first-order valence-corrected chi connectivity index (χ1v) is 9.41. The minimum absolute atomic E-state index is 0.0153. The van der Waals surface area contributed by atoms with Gasteiger partial charge in [0.25, 0.3) is 5.91 Å². The van der Waals surface area contributed by atoms with Gasteiger partial charge in [0.05, 0.1) is 6.42 Å². The monoisotopic (exact) mass is 384 g/mol. The van der Waals surface area contributed by atoms with Gasteiger partial charge in [-0.3, -0.25) is 9.59 Å². The predicted molar refractivity (Wildman–Crippen MR) is 104 cm³/mol. The molecule has 2 aromatic carbocycles. The van der Waals surface area contributed by atoms with Crippen LogP contribution in [0.5, 0.6) is 5.75 Å². The zero-order chi connectivity index (χ0) is 20.1. The molecule has 5 nitrogen and oxygen atoms in total. The average Bonchev–Trinajstić information content (AvgIpc) is 2.69. The van der Waals surface area contributed by atoms with Crippen molar-refractivity contribution in [3.8, 4) is 5.75 Å². The van der Waals surface area contributed by atoms with Crippen molar-refractivity contribution in [3.63, 3.8) is 0 Å². The van der Waals surface area contributed by atoms with Gasteiger partial charge in [-0.1, -0.05) is 30.3 Å². The van der Waals surface area contributed by atoms with E-state index in [4.69, 9.17) is 4.74 Å². The van der Waals surface area contributed by atoms with Crippen LogP contribution in [-0.4, -0.2) is 53.4 Å². The maximum atomic E-state index is 13.0. The summed E-state index contributed by atoms with van der Waals surface area (Å²) < 4.78 is 18.9. The molecular formula is C22H25FN2O3. The highest BCUT2D eigenvalue weighted by molar-refractivity contribution is 5.85. The first-order chi connectivity index (χ1) is 13.3. The summed E-state index contributed by atoms with van der Waals surface area (Å²) in [4.78, 5) is 28.8. The molecule has 1 heterocycles. The number of carbonyl (C=O) groups excluding carboxylic acids is 2. The Morgan fingerprint density at radius 1 is 0.929 bits per heavy atom. The fraction of sp³-hybridized carbons (Fsp3) is 0.364. The smallest absolute Gasteiger partial charge is 0.266 e. The van der Waals surface area contributed by atoms with Crippen molar-refractivity contribution in [3.05, 3.63) is 66.0 Å². The highest BCUT2D eigenvalue weighted by atomic mass is 19.1. The Morgan fingerprint density at radius 3 is 2.11 bits per heavy atom. The summed E-state index contributed by atoms with van der Waals surface area (Å²) in [5.41, 5.74) is -0.205. The van der Waals surface area contributed by atoms with Gasteiger partial charge in [0.1, 0.15) is 11.6 Å². The molecule has 28 heavy (non-hydrogen) atoms. The number of piperazine rings is 1. The van der Waals surface area contributed by atoms with Crippen LogP contribution in [0.3, 0.4) is 0 Å². The molecule has 1 saturated heterocycles. The Kier molecular flexibility index (Phi) is 5.97. The molecule has 0 radical (unpaired) electrons. The number of amides is 2. The lowest BCUT2D eigenvalue weighted by atomic mass is 10.1. The number of halogens is 1. The highest BCUT2D eigenvalue weighted by Gasteiger charge is 2.36. The normalized spacial score (nSPS) is 14.7. The number of para-hydroxylation sites is 1. The highest BCUT2D eigenvalue weighted by Crippen LogP contribution is 2.21. The van der Waals surface area contributed by atoms with Crippen molar-refractivity contribution in [2.24, 2.45) is 0 Å². The van der Waals surface area contributed by atoms with Gasteiger partial charge in [0, 0.05) is 26.2 Å². The molecule has 1 fully saturated rings. The van der Waals surface area contributed by atoms with Crippen LogP contribution in [0.1, 0.15) is 19.4 Å². The third-order valence-corrected chi connectivity index (χ3v) is 4.82.